The van der Waals surface area contributed by atoms with Gasteiger partial charge in [0, 0.05) is 32.4 Å². The number of piperazine rings is 1. The summed E-state index contributed by atoms with van der Waals surface area (Å²) in [5, 5.41) is 5.36. The standard InChI is InChI=1S/C24H20ClF2N5O/c1-15-21-22(25)18(14-28-23(21)32(29-15)17-8-6-16(26)7-9-17)24(33)31-12-10-30(11-13-31)20-5-3-2-4-19(20)27/h2-9,14H,10-13H2,1H3. The molecule has 2 aromatic carbocycles. The molecule has 1 amide bonds. The van der Waals surface area contributed by atoms with E-state index in [-0.39, 0.29) is 22.6 Å². The second-order valence-electron chi connectivity index (χ2n) is 7.89. The van der Waals surface area contributed by atoms with Crippen LogP contribution >= 0.6 is 11.6 Å². The van der Waals surface area contributed by atoms with E-state index < -0.39 is 0 Å². The minimum absolute atomic E-state index is 0.225. The van der Waals surface area contributed by atoms with E-state index in [0.29, 0.717) is 59.8 Å². The molecule has 168 valence electrons. The number of halogens is 3. The van der Waals surface area contributed by atoms with Crippen LogP contribution < -0.4 is 4.90 Å². The molecule has 9 heteroatoms. The number of amides is 1. The summed E-state index contributed by atoms with van der Waals surface area (Å²) >= 11 is 6.67. The van der Waals surface area contributed by atoms with Crippen molar-refractivity contribution in [3.8, 4) is 5.69 Å². The van der Waals surface area contributed by atoms with Crippen molar-refractivity contribution in [3.63, 3.8) is 0 Å². The highest BCUT2D eigenvalue weighted by molar-refractivity contribution is 6.38. The van der Waals surface area contributed by atoms with Crippen LogP contribution in [0.3, 0.4) is 0 Å². The first-order valence-electron chi connectivity index (χ1n) is 10.5. The molecular weight excluding hydrogens is 448 g/mol. The van der Waals surface area contributed by atoms with Crippen LogP contribution in [0.1, 0.15) is 16.1 Å². The molecule has 1 aliphatic heterocycles. The summed E-state index contributed by atoms with van der Waals surface area (Å²) in [6.45, 7) is 3.70. The number of carbonyl (C=O) groups is 1. The van der Waals surface area contributed by atoms with Gasteiger partial charge in [0.1, 0.15) is 11.6 Å². The molecule has 1 aliphatic rings. The Morgan fingerprint density at radius 1 is 1.00 bits per heavy atom. The van der Waals surface area contributed by atoms with Gasteiger partial charge in [-0.25, -0.2) is 18.4 Å². The topological polar surface area (TPSA) is 54.3 Å². The summed E-state index contributed by atoms with van der Waals surface area (Å²) in [5.74, 6) is -0.846. The number of anilines is 1. The molecule has 0 saturated carbocycles. The molecule has 0 radical (unpaired) electrons. The van der Waals surface area contributed by atoms with Gasteiger partial charge in [-0.2, -0.15) is 5.10 Å². The van der Waals surface area contributed by atoms with Crippen molar-refractivity contribution in [2.45, 2.75) is 6.92 Å². The number of rotatable bonds is 3. The minimum atomic E-state index is -0.346. The first-order chi connectivity index (χ1) is 15.9. The smallest absolute Gasteiger partial charge is 0.257 e. The number of nitrogens with zero attached hydrogens (tertiary/aromatic N) is 5. The van der Waals surface area contributed by atoms with Crippen LogP contribution in [0.4, 0.5) is 14.5 Å². The molecule has 33 heavy (non-hydrogen) atoms. The van der Waals surface area contributed by atoms with Gasteiger partial charge in [0.15, 0.2) is 5.65 Å². The fourth-order valence-corrected chi connectivity index (χ4v) is 4.50. The van der Waals surface area contributed by atoms with Gasteiger partial charge in [-0.05, 0) is 43.3 Å². The number of aryl methyl sites for hydroxylation is 1. The highest BCUT2D eigenvalue weighted by atomic mass is 35.5. The summed E-state index contributed by atoms with van der Waals surface area (Å²) < 4.78 is 29.0. The van der Waals surface area contributed by atoms with Gasteiger partial charge in [-0.15, -0.1) is 0 Å². The van der Waals surface area contributed by atoms with Gasteiger partial charge < -0.3 is 9.80 Å². The molecule has 0 bridgehead atoms. The Morgan fingerprint density at radius 3 is 2.39 bits per heavy atom. The third-order valence-electron chi connectivity index (χ3n) is 5.87. The zero-order valence-electron chi connectivity index (χ0n) is 17.8. The minimum Gasteiger partial charge on any atom is -0.366 e. The van der Waals surface area contributed by atoms with Gasteiger partial charge in [0.2, 0.25) is 0 Å². The fourth-order valence-electron chi connectivity index (χ4n) is 4.15. The van der Waals surface area contributed by atoms with Crippen LogP contribution in [0.25, 0.3) is 16.7 Å². The van der Waals surface area contributed by atoms with Gasteiger partial charge in [0.05, 0.1) is 33.0 Å². The number of hydrogen-bond acceptors (Lipinski definition) is 4. The normalized spacial score (nSPS) is 14.2. The highest BCUT2D eigenvalue weighted by Gasteiger charge is 2.27. The van der Waals surface area contributed by atoms with Crippen LogP contribution in [-0.4, -0.2) is 51.8 Å². The van der Waals surface area contributed by atoms with Gasteiger partial charge in [-0.3, -0.25) is 4.79 Å². The van der Waals surface area contributed by atoms with E-state index in [9.17, 15) is 13.6 Å². The van der Waals surface area contributed by atoms with Crippen LogP contribution in [0, 0.1) is 18.6 Å². The quantitative estimate of drug-likeness (QED) is 0.441. The average molecular weight is 468 g/mol. The average Bonchev–Trinajstić information content (AvgIpc) is 3.17. The highest BCUT2D eigenvalue weighted by Crippen LogP contribution is 2.31. The Balaban J connectivity index is 1.41. The van der Waals surface area contributed by atoms with Crippen molar-refractivity contribution >= 4 is 34.2 Å². The summed E-state index contributed by atoms with van der Waals surface area (Å²) in [7, 11) is 0. The predicted octanol–water partition coefficient (Wildman–Crippen LogP) is 4.62. The van der Waals surface area contributed by atoms with E-state index in [4.69, 9.17) is 11.6 Å². The molecule has 5 rings (SSSR count). The van der Waals surface area contributed by atoms with Gasteiger partial charge in [-0.1, -0.05) is 23.7 Å². The Kier molecular flexibility index (Phi) is 5.46. The third kappa shape index (κ3) is 3.80. The van der Waals surface area contributed by atoms with E-state index >= 15 is 0 Å². The van der Waals surface area contributed by atoms with Gasteiger partial charge >= 0.3 is 0 Å². The second-order valence-corrected chi connectivity index (χ2v) is 8.27. The molecule has 0 unspecified atom stereocenters. The van der Waals surface area contributed by atoms with E-state index in [1.807, 2.05) is 4.90 Å². The molecule has 0 N–H and O–H groups in total. The lowest BCUT2D eigenvalue weighted by molar-refractivity contribution is 0.0746. The lowest BCUT2D eigenvalue weighted by Crippen LogP contribution is -2.49. The number of pyridine rings is 1. The van der Waals surface area contributed by atoms with E-state index in [0.717, 1.165) is 0 Å². The van der Waals surface area contributed by atoms with Crippen molar-refractivity contribution in [1.82, 2.24) is 19.7 Å². The van der Waals surface area contributed by atoms with Crippen LogP contribution in [-0.2, 0) is 0 Å². The lowest BCUT2D eigenvalue weighted by Gasteiger charge is -2.36. The summed E-state index contributed by atoms with van der Waals surface area (Å²) in [6, 6.07) is 12.5. The van der Waals surface area contributed by atoms with Crippen LogP contribution in [0.2, 0.25) is 5.02 Å². The number of benzene rings is 2. The van der Waals surface area contributed by atoms with Crippen molar-refractivity contribution in [2.24, 2.45) is 0 Å². The third-order valence-corrected chi connectivity index (χ3v) is 6.26. The Bertz CT molecular complexity index is 1350. The predicted molar refractivity (Wildman–Crippen MR) is 123 cm³/mol. The monoisotopic (exact) mass is 467 g/mol. The SMILES string of the molecule is Cc1nn(-c2ccc(F)cc2)c2ncc(C(=O)N3CCN(c4ccccc4F)CC3)c(Cl)c12. The lowest BCUT2D eigenvalue weighted by atomic mass is 10.1. The molecule has 6 nitrogen and oxygen atoms in total. The zero-order valence-corrected chi connectivity index (χ0v) is 18.6. The van der Waals surface area contributed by atoms with Crippen molar-refractivity contribution < 1.29 is 13.6 Å². The molecule has 0 spiro atoms. The van der Waals surface area contributed by atoms with E-state index in [2.05, 4.69) is 10.1 Å². The summed E-state index contributed by atoms with van der Waals surface area (Å²) in [6.07, 6.45) is 1.46. The largest absolute Gasteiger partial charge is 0.366 e. The Labute approximate surface area is 194 Å². The Hall–Kier alpha value is -3.52. The fraction of sp³-hybridized carbons (Fsp3) is 0.208. The first kappa shape index (κ1) is 21.3. The van der Waals surface area contributed by atoms with Crippen molar-refractivity contribution in [3.05, 3.63) is 82.6 Å². The van der Waals surface area contributed by atoms with Crippen molar-refractivity contribution in [2.75, 3.05) is 31.1 Å². The molecule has 3 heterocycles. The number of aromatic nitrogens is 3. The second kappa shape index (κ2) is 8.44. The van der Waals surface area contributed by atoms with Crippen LogP contribution in [0.5, 0.6) is 0 Å². The molecule has 0 aliphatic carbocycles. The van der Waals surface area contributed by atoms with Crippen LogP contribution in [0.15, 0.2) is 54.7 Å². The van der Waals surface area contributed by atoms with E-state index in [1.54, 1.807) is 46.8 Å². The van der Waals surface area contributed by atoms with Gasteiger partial charge in [0.25, 0.3) is 5.91 Å². The zero-order chi connectivity index (χ0) is 23.1. The molecule has 2 aromatic heterocycles. The molecule has 4 aromatic rings. The Morgan fingerprint density at radius 2 is 1.70 bits per heavy atom. The molecule has 1 fully saturated rings. The number of hydrogen-bond donors (Lipinski definition) is 0. The van der Waals surface area contributed by atoms with E-state index in [1.165, 1.54) is 24.4 Å². The maximum Gasteiger partial charge on any atom is 0.257 e. The maximum atomic E-state index is 14.1. The molecule has 0 atom stereocenters. The molecular formula is C24H20ClF2N5O. The summed E-state index contributed by atoms with van der Waals surface area (Å²) in [5.41, 5.74) is 2.58. The molecule has 1 saturated heterocycles. The maximum absolute atomic E-state index is 14.1. The van der Waals surface area contributed by atoms with Crippen molar-refractivity contribution in [1.29, 1.82) is 0 Å². The summed E-state index contributed by atoms with van der Waals surface area (Å²) in [4.78, 5) is 21.3. The number of carbonyl (C=O) groups excluding carboxylic acids is 1. The number of para-hydroxylation sites is 1. The first-order valence-corrected chi connectivity index (χ1v) is 10.9. The number of fused-ring (bicyclic) bond motifs is 1.